The number of benzene rings is 1. The van der Waals surface area contributed by atoms with Gasteiger partial charge in [0.2, 0.25) is 0 Å². The van der Waals surface area contributed by atoms with Gasteiger partial charge in [0.05, 0.1) is 5.39 Å². The molecule has 0 unspecified atom stereocenters. The molecular weight excluding hydrogens is 172 g/mol. The van der Waals surface area contributed by atoms with Crippen LogP contribution in [-0.4, -0.2) is 10.2 Å². The van der Waals surface area contributed by atoms with Gasteiger partial charge in [-0.25, -0.2) is 4.79 Å². The molecule has 0 radical (unpaired) electrons. The van der Waals surface area contributed by atoms with Gasteiger partial charge in [0.25, 0.3) is 0 Å². The van der Waals surface area contributed by atoms with E-state index in [0.29, 0.717) is 5.39 Å². The third-order valence-corrected chi connectivity index (χ3v) is 1.74. The average Bonchev–Trinajstić information content (AvgIpc) is 2.12. The lowest BCUT2D eigenvalue weighted by atomic mass is 10.2. The van der Waals surface area contributed by atoms with E-state index in [-0.39, 0.29) is 17.1 Å². The fourth-order valence-electron chi connectivity index (χ4n) is 1.13. The molecule has 1 heterocycles. The van der Waals surface area contributed by atoms with Crippen LogP contribution in [-0.2, 0) is 0 Å². The van der Waals surface area contributed by atoms with E-state index in [1.54, 1.807) is 0 Å². The fraction of sp³-hybridized carbons (Fsp3) is 0. The molecule has 4 heteroatoms. The van der Waals surface area contributed by atoms with Crippen molar-refractivity contribution in [3.8, 4) is 11.5 Å². The highest BCUT2D eigenvalue weighted by molar-refractivity contribution is 5.87. The molecule has 4 nitrogen and oxygen atoms in total. The van der Waals surface area contributed by atoms with Crippen molar-refractivity contribution in [3.05, 3.63) is 34.7 Å². The lowest BCUT2D eigenvalue weighted by Gasteiger charge is -1.99. The van der Waals surface area contributed by atoms with Crippen LogP contribution in [0, 0.1) is 0 Å². The highest BCUT2D eigenvalue weighted by Crippen LogP contribution is 2.29. The first-order valence-corrected chi connectivity index (χ1v) is 3.63. The zero-order valence-electron chi connectivity index (χ0n) is 6.52. The summed E-state index contributed by atoms with van der Waals surface area (Å²) in [6.45, 7) is 0. The Morgan fingerprint density at radius 2 is 1.69 bits per heavy atom. The van der Waals surface area contributed by atoms with Crippen LogP contribution in [0.25, 0.3) is 11.0 Å². The number of phenolic OH excluding ortho intramolecular Hbond substituents is 2. The Labute approximate surface area is 72.7 Å². The monoisotopic (exact) mass is 178 g/mol. The first-order chi connectivity index (χ1) is 6.18. The molecule has 0 aliphatic carbocycles. The molecule has 0 atom stereocenters. The van der Waals surface area contributed by atoms with Crippen LogP contribution < -0.4 is 5.63 Å². The molecule has 0 saturated carbocycles. The molecule has 2 aromatic rings. The topological polar surface area (TPSA) is 70.7 Å². The molecule has 13 heavy (non-hydrogen) atoms. The average molecular weight is 178 g/mol. The molecule has 2 N–H and O–H groups in total. The van der Waals surface area contributed by atoms with Crippen LogP contribution in [0.2, 0.25) is 0 Å². The number of rotatable bonds is 0. The molecule has 0 aliphatic heterocycles. The Morgan fingerprint density at radius 1 is 1.00 bits per heavy atom. The second kappa shape index (κ2) is 2.52. The number of hydrogen-bond donors (Lipinski definition) is 2. The van der Waals surface area contributed by atoms with Gasteiger partial charge >= 0.3 is 5.63 Å². The van der Waals surface area contributed by atoms with E-state index in [4.69, 9.17) is 4.42 Å². The van der Waals surface area contributed by atoms with E-state index in [1.807, 2.05) is 0 Å². The molecule has 0 amide bonds. The minimum atomic E-state index is -0.562. The number of phenols is 2. The van der Waals surface area contributed by atoms with Crippen LogP contribution in [0.1, 0.15) is 0 Å². The maximum absolute atomic E-state index is 10.8. The fourth-order valence-corrected chi connectivity index (χ4v) is 1.13. The van der Waals surface area contributed by atoms with Crippen LogP contribution >= 0.6 is 0 Å². The normalized spacial score (nSPS) is 10.5. The summed E-state index contributed by atoms with van der Waals surface area (Å²) < 4.78 is 4.71. The predicted octanol–water partition coefficient (Wildman–Crippen LogP) is 1.20. The van der Waals surface area contributed by atoms with Gasteiger partial charge < -0.3 is 14.6 Å². The van der Waals surface area contributed by atoms with E-state index in [1.165, 1.54) is 24.3 Å². The molecule has 1 aromatic heterocycles. The summed E-state index contributed by atoms with van der Waals surface area (Å²) in [4.78, 5) is 10.8. The summed E-state index contributed by atoms with van der Waals surface area (Å²) in [5, 5.41) is 18.9. The van der Waals surface area contributed by atoms with Gasteiger partial charge in [-0.15, -0.1) is 0 Å². The summed E-state index contributed by atoms with van der Waals surface area (Å²) in [7, 11) is 0. The highest BCUT2D eigenvalue weighted by Gasteiger charge is 2.06. The Kier molecular flexibility index (Phi) is 1.48. The Bertz CT molecular complexity index is 512. The Hall–Kier alpha value is -1.97. The first kappa shape index (κ1) is 7.67. The van der Waals surface area contributed by atoms with Crippen molar-refractivity contribution in [3.63, 3.8) is 0 Å². The van der Waals surface area contributed by atoms with Crippen molar-refractivity contribution >= 4 is 11.0 Å². The largest absolute Gasteiger partial charge is 0.507 e. The highest BCUT2D eigenvalue weighted by atomic mass is 16.4. The molecule has 0 fully saturated rings. The van der Waals surface area contributed by atoms with Crippen molar-refractivity contribution in [1.29, 1.82) is 0 Å². The molecular formula is C9H6O4. The van der Waals surface area contributed by atoms with Crippen molar-refractivity contribution in [2.45, 2.75) is 0 Å². The van der Waals surface area contributed by atoms with E-state index < -0.39 is 5.63 Å². The maximum atomic E-state index is 10.8. The van der Waals surface area contributed by atoms with Gasteiger partial charge in [0, 0.05) is 6.07 Å². The third kappa shape index (κ3) is 1.12. The van der Waals surface area contributed by atoms with Crippen molar-refractivity contribution in [2.75, 3.05) is 0 Å². The second-order valence-corrected chi connectivity index (χ2v) is 2.60. The Morgan fingerprint density at radius 3 is 2.46 bits per heavy atom. The minimum absolute atomic E-state index is 0.00694. The lowest BCUT2D eigenvalue weighted by Crippen LogP contribution is -1.94. The van der Waals surface area contributed by atoms with Crippen molar-refractivity contribution in [1.82, 2.24) is 0 Å². The molecule has 0 spiro atoms. The van der Waals surface area contributed by atoms with Gasteiger partial charge in [0.1, 0.15) is 5.75 Å². The minimum Gasteiger partial charge on any atom is -0.507 e. The van der Waals surface area contributed by atoms with E-state index >= 15 is 0 Å². The van der Waals surface area contributed by atoms with Crippen LogP contribution in [0.15, 0.2) is 33.5 Å². The predicted molar refractivity (Wildman–Crippen MR) is 45.8 cm³/mol. The standard InChI is InChI=1S/C9H6O4/c10-6-2-3-7(11)9-5(6)1-4-8(12)13-9/h1-4,10-11H. The molecule has 0 saturated heterocycles. The molecule has 1 aromatic carbocycles. The molecule has 66 valence electrons. The van der Waals surface area contributed by atoms with Crippen LogP contribution in [0.5, 0.6) is 11.5 Å². The van der Waals surface area contributed by atoms with Gasteiger partial charge in [-0.05, 0) is 18.2 Å². The van der Waals surface area contributed by atoms with Gasteiger partial charge in [-0.2, -0.15) is 0 Å². The number of fused-ring (bicyclic) bond motifs is 1. The zero-order chi connectivity index (χ0) is 9.42. The van der Waals surface area contributed by atoms with E-state index in [0.717, 1.165) is 0 Å². The molecule has 0 bridgehead atoms. The summed E-state index contributed by atoms with van der Waals surface area (Å²) >= 11 is 0. The van der Waals surface area contributed by atoms with Gasteiger partial charge in [-0.1, -0.05) is 0 Å². The molecule has 0 aliphatic rings. The summed E-state index contributed by atoms with van der Waals surface area (Å²) in [5.74, 6) is -0.193. The quantitative estimate of drug-likeness (QED) is 0.469. The third-order valence-electron chi connectivity index (χ3n) is 1.74. The zero-order valence-corrected chi connectivity index (χ0v) is 6.52. The summed E-state index contributed by atoms with van der Waals surface area (Å²) in [5.41, 5.74) is -0.555. The van der Waals surface area contributed by atoms with E-state index in [9.17, 15) is 15.0 Å². The maximum Gasteiger partial charge on any atom is 0.336 e. The Balaban J connectivity index is 3.00. The lowest BCUT2D eigenvalue weighted by molar-refractivity contribution is 0.449. The van der Waals surface area contributed by atoms with Gasteiger partial charge in [0.15, 0.2) is 11.3 Å². The van der Waals surface area contributed by atoms with Crippen molar-refractivity contribution < 1.29 is 14.6 Å². The SMILES string of the molecule is O=c1ccc2c(O)ccc(O)c2o1. The number of aromatic hydroxyl groups is 2. The number of hydrogen-bond acceptors (Lipinski definition) is 4. The second-order valence-electron chi connectivity index (χ2n) is 2.60. The van der Waals surface area contributed by atoms with Crippen LogP contribution in [0.4, 0.5) is 0 Å². The first-order valence-electron chi connectivity index (χ1n) is 3.63. The summed E-state index contributed by atoms with van der Waals surface area (Å²) in [6.07, 6.45) is 0. The molecule has 2 rings (SSSR count). The van der Waals surface area contributed by atoms with Crippen molar-refractivity contribution in [2.24, 2.45) is 0 Å². The summed E-state index contributed by atoms with van der Waals surface area (Å²) in [6, 6.07) is 5.18. The van der Waals surface area contributed by atoms with E-state index in [2.05, 4.69) is 0 Å². The van der Waals surface area contributed by atoms with Crippen LogP contribution in [0.3, 0.4) is 0 Å². The van der Waals surface area contributed by atoms with Gasteiger partial charge in [-0.3, -0.25) is 0 Å². The smallest absolute Gasteiger partial charge is 0.336 e.